The van der Waals surface area contributed by atoms with Crippen LogP contribution in [0, 0.1) is 0 Å². The molecular formula is C26H28N4O. The molecule has 1 aliphatic heterocycles. The fourth-order valence-electron chi connectivity index (χ4n) is 4.63. The topological polar surface area (TPSA) is 47.6 Å². The number of carbonyl (C=O) groups excluding carboxylic acids is 1. The lowest BCUT2D eigenvalue weighted by molar-refractivity contribution is 0.148. The molecule has 5 nitrogen and oxygen atoms in total. The van der Waals surface area contributed by atoms with E-state index in [-0.39, 0.29) is 12.1 Å². The van der Waals surface area contributed by atoms with Crippen molar-refractivity contribution in [2.24, 2.45) is 0 Å². The number of nitrogens with zero attached hydrogens (tertiary/aromatic N) is 2. The van der Waals surface area contributed by atoms with E-state index in [0.717, 1.165) is 55.1 Å². The molecule has 0 unspecified atom stereocenters. The minimum atomic E-state index is -0.178. The number of fused-ring (bicyclic) bond motifs is 3. The van der Waals surface area contributed by atoms with E-state index < -0.39 is 0 Å². The number of piperazine rings is 1. The van der Waals surface area contributed by atoms with E-state index in [9.17, 15) is 4.79 Å². The maximum atomic E-state index is 13.0. The van der Waals surface area contributed by atoms with E-state index in [0.29, 0.717) is 0 Å². The summed E-state index contributed by atoms with van der Waals surface area (Å²) in [6, 6.07) is 24.4. The number of amides is 2. The van der Waals surface area contributed by atoms with Gasteiger partial charge in [0.2, 0.25) is 0 Å². The minimum absolute atomic E-state index is 0.141. The van der Waals surface area contributed by atoms with Crippen molar-refractivity contribution in [2.45, 2.75) is 12.6 Å². The SMILES string of the molecule is CN1CCN(Cc2ccccc2NC(=O)NC2c3ccccc3-c3ccccc32)CC1. The van der Waals surface area contributed by atoms with E-state index in [1.165, 1.54) is 11.1 Å². The van der Waals surface area contributed by atoms with Crippen LogP contribution < -0.4 is 10.6 Å². The third-order valence-electron chi connectivity index (χ3n) is 6.36. The largest absolute Gasteiger partial charge is 0.327 e. The van der Waals surface area contributed by atoms with Crippen LogP contribution in [0.25, 0.3) is 11.1 Å². The molecule has 1 saturated heterocycles. The summed E-state index contributed by atoms with van der Waals surface area (Å²) in [6.45, 7) is 5.10. The Morgan fingerprint density at radius 3 is 2.10 bits per heavy atom. The van der Waals surface area contributed by atoms with E-state index in [2.05, 4.69) is 57.8 Å². The summed E-state index contributed by atoms with van der Waals surface area (Å²) >= 11 is 0. The van der Waals surface area contributed by atoms with Crippen molar-refractivity contribution in [1.29, 1.82) is 0 Å². The molecule has 1 heterocycles. The van der Waals surface area contributed by atoms with Crippen LogP contribution >= 0.6 is 0 Å². The van der Waals surface area contributed by atoms with Gasteiger partial charge in [-0.25, -0.2) is 4.79 Å². The van der Waals surface area contributed by atoms with Crippen LogP contribution in [0.1, 0.15) is 22.7 Å². The summed E-state index contributed by atoms with van der Waals surface area (Å²) in [5.41, 5.74) is 6.69. The number of hydrogen-bond donors (Lipinski definition) is 2. The predicted octanol–water partition coefficient (Wildman–Crippen LogP) is 4.33. The van der Waals surface area contributed by atoms with Gasteiger partial charge < -0.3 is 15.5 Å². The highest BCUT2D eigenvalue weighted by atomic mass is 16.2. The van der Waals surface area contributed by atoms with Crippen LogP contribution in [0.4, 0.5) is 10.5 Å². The molecule has 2 aliphatic rings. The standard InChI is InChI=1S/C26H28N4O/c1-29-14-16-30(17-15-29)18-19-8-2-7-13-24(19)27-26(31)28-25-22-11-5-3-9-20(22)21-10-4-6-12-23(21)25/h2-13,25H,14-18H2,1H3,(H2,27,28,31). The van der Waals surface area contributed by atoms with Crippen molar-refractivity contribution >= 4 is 11.7 Å². The van der Waals surface area contributed by atoms with Crippen molar-refractivity contribution in [3.05, 3.63) is 89.5 Å². The first-order valence-electron chi connectivity index (χ1n) is 10.9. The maximum absolute atomic E-state index is 13.0. The summed E-state index contributed by atoms with van der Waals surface area (Å²) in [4.78, 5) is 17.8. The lowest BCUT2D eigenvalue weighted by Gasteiger charge is -2.32. The highest BCUT2D eigenvalue weighted by Crippen LogP contribution is 2.43. The van der Waals surface area contributed by atoms with Crippen molar-refractivity contribution in [3.63, 3.8) is 0 Å². The number of rotatable bonds is 4. The minimum Gasteiger partial charge on any atom is -0.327 e. The van der Waals surface area contributed by atoms with Gasteiger partial charge in [-0.2, -0.15) is 0 Å². The van der Waals surface area contributed by atoms with E-state index in [1.54, 1.807) is 0 Å². The van der Waals surface area contributed by atoms with E-state index >= 15 is 0 Å². The number of anilines is 1. The molecule has 3 aromatic rings. The van der Waals surface area contributed by atoms with Gasteiger partial charge in [0, 0.05) is 38.4 Å². The van der Waals surface area contributed by atoms with Crippen LogP contribution in [0.3, 0.4) is 0 Å². The number of benzene rings is 3. The Balaban J connectivity index is 1.32. The van der Waals surface area contributed by atoms with Crippen LogP contribution in [0.15, 0.2) is 72.8 Å². The molecule has 0 radical (unpaired) electrons. The summed E-state index contributed by atoms with van der Waals surface area (Å²) < 4.78 is 0. The second kappa shape index (κ2) is 8.53. The van der Waals surface area contributed by atoms with Crippen LogP contribution in [0.2, 0.25) is 0 Å². The Labute approximate surface area is 183 Å². The molecule has 0 atom stereocenters. The van der Waals surface area contributed by atoms with Gasteiger partial charge in [0.25, 0.3) is 0 Å². The molecular weight excluding hydrogens is 384 g/mol. The van der Waals surface area contributed by atoms with E-state index in [1.807, 2.05) is 42.5 Å². The zero-order valence-corrected chi connectivity index (χ0v) is 17.8. The van der Waals surface area contributed by atoms with Gasteiger partial charge in [-0.15, -0.1) is 0 Å². The average molecular weight is 413 g/mol. The molecule has 1 aliphatic carbocycles. The summed E-state index contributed by atoms with van der Waals surface area (Å²) in [6.07, 6.45) is 0. The van der Waals surface area contributed by atoms with Crippen molar-refractivity contribution in [3.8, 4) is 11.1 Å². The lowest BCUT2D eigenvalue weighted by Crippen LogP contribution is -2.44. The van der Waals surface area contributed by atoms with Gasteiger partial charge in [-0.1, -0.05) is 66.7 Å². The molecule has 1 fully saturated rings. The summed E-state index contributed by atoms with van der Waals surface area (Å²) in [5, 5.41) is 6.32. The van der Waals surface area contributed by atoms with E-state index in [4.69, 9.17) is 0 Å². The summed E-state index contributed by atoms with van der Waals surface area (Å²) in [7, 11) is 2.16. The predicted molar refractivity (Wildman–Crippen MR) is 125 cm³/mol. The second-order valence-corrected chi connectivity index (χ2v) is 8.44. The maximum Gasteiger partial charge on any atom is 0.319 e. The Morgan fingerprint density at radius 2 is 1.42 bits per heavy atom. The number of nitrogens with one attached hydrogen (secondary N) is 2. The molecule has 0 bridgehead atoms. The highest BCUT2D eigenvalue weighted by Gasteiger charge is 2.29. The van der Waals surface area contributed by atoms with Crippen molar-refractivity contribution < 1.29 is 4.79 Å². The zero-order chi connectivity index (χ0) is 21.2. The normalized spacial score (nSPS) is 16.5. The molecule has 31 heavy (non-hydrogen) atoms. The second-order valence-electron chi connectivity index (χ2n) is 8.44. The first-order valence-corrected chi connectivity index (χ1v) is 10.9. The fraction of sp³-hybridized carbons (Fsp3) is 0.269. The van der Waals surface area contributed by atoms with Crippen molar-refractivity contribution in [1.82, 2.24) is 15.1 Å². The third kappa shape index (κ3) is 4.07. The molecule has 0 saturated carbocycles. The molecule has 5 rings (SSSR count). The smallest absolute Gasteiger partial charge is 0.319 e. The molecule has 2 N–H and O–H groups in total. The first kappa shape index (κ1) is 19.8. The number of likely N-dealkylation sites (N-methyl/N-ethyl adjacent to an activating group) is 1. The third-order valence-corrected chi connectivity index (χ3v) is 6.36. The van der Waals surface area contributed by atoms with Gasteiger partial charge in [0.05, 0.1) is 6.04 Å². The molecule has 2 amide bonds. The van der Waals surface area contributed by atoms with Gasteiger partial charge in [0.15, 0.2) is 0 Å². The molecule has 158 valence electrons. The molecule has 5 heteroatoms. The zero-order valence-electron chi connectivity index (χ0n) is 17.8. The molecule has 0 spiro atoms. The average Bonchev–Trinajstić information content (AvgIpc) is 3.11. The number of urea groups is 1. The Hall–Kier alpha value is -3.15. The van der Waals surface area contributed by atoms with Crippen LogP contribution in [0.5, 0.6) is 0 Å². The van der Waals surface area contributed by atoms with Crippen molar-refractivity contribution in [2.75, 3.05) is 38.5 Å². The number of carbonyl (C=O) groups is 1. The Kier molecular flexibility index (Phi) is 5.45. The molecule has 3 aromatic carbocycles. The van der Waals surface area contributed by atoms with Gasteiger partial charge >= 0.3 is 6.03 Å². The lowest BCUT2D eigenvalue weighted by atomic mass is 10.1. The Morgan fingerprint density at radius 1 is 0.839 bits per heavy atom. The van der Waals surface area contributed by atoms with Gasteiger partial charge in [0.1, 0.15) is 0 Å². The Bertz CT molecular complexity index is 1040. The van der Waals surface area contributed by atoms with Gasteiger partial charge in [-0.05, 0) is 40.9 Å². The quantitative estimate of drug-likeness (QED) is 0.671. The van der Waals surface area contributed by atoms with Crippen LogP contribution in [-0.4, -0.2) is 49.1 Å². The summed E-state index contributed by atoms with van der Waals surface area (Å²) in [5.74, 6) is 0. The molecule has 0 aromatic heterocycles. The number of para-hydroxylation sites is 1. The fourth-order valence-corrected chi connectivity index (χ4v) is 4.63. The monoisotopic (exact) mass is 412 g/mol. The number of hydrogen-bond acceptors (Lipinski definition) is 3. The first-order chi connectivity index (χ1) is 15.2. The van der Waals surface area contributed by atoms with Crippen LogP contribution in [-0.2, 0) is 6.54 Å². The van der Waals surface area contributed by atoms with Gasteiger partial charge in [-0.3, -0.25) is 4.90 Å². The highest BCUT2D eigenvalue weighted by molar-refractivity contribution is 5.92.